The van der Waals surface area contributed by atoms with E-state index in [2.05, 4.69) is 10.9 Å². The number of nitrogens with zero attached hydrogens (tertiary/aromatic N) is 3. The number of hydrogen-bond donors (Lipinski definition) is 0. The molecule has 27 heavy (non-hydrogen) atoms. The van der Waals surface area contributed by atoms with E-state index in [1.807, 2.05) is 65.6 Å². The van der Waals surface area contributed by atoms with E-state index in [9.17, 15) is 10.1 Å². The molecule has 0 amide bonds. The van der Waals surface area contributed by atoms with Gasteiger partial charge in [-0.2, -0.15) is 0 Å². The van der Waals surface area contributed by atoms with Crippen LogP contribution in [0.2, 0.25) is 0 Å². The van der Waals surface area contributed by atoms with E-state index < -0.39 is 4.92 Å². The lowest BCUT2D eigenvalue weighted by Gasteiger charge is -2.25. The fourth-order valence-corrected chi connectivity index (χ4v) is 2.86. The summed E-state index contributed by atoms with van der Waals surface area (Å²) in [6, 6.07) is 19.5. The number of hydrogen-bond acceptors (Lipinski definition) is 4. The van der Waals surface area contributed by atoms with Gasteiger partial charge in [-0.25, -0.2) is 0 Å². The zero-order valence-corrected chi connectivity index (χ0v) is 15.8. The first-order valence-corrected chi connectivity index (χ1v) is 8.72. The molecule has 0 spiro atoms. The van der Waals surface area contributed by atoms with Crippen molar-refractivity contribution < 1.29 is 4.92 Å². The number of halogens is 1. The summed E-state index contributed by atoms with van der Waals surface area (Å²) in [5, 5.41) is 11.5. The summed E-state index contributed by atoms with van der Waals surface area (Å²) in [7, 11) is 0. The van der Waals surface area contributed by atoms with Crippen molar-refractivity contribution in [3.05, 3.63) is 93.3 Å². The average molecular weight is 382 g/mol. The summed E-state index contributed by atoms with van der Waals surface area (Å²) in [6.45, 7) is 2.66. The molecule has 2 rings (SSSR count). The highest BCUT2D eigenvalue weighted by Crippen LogP contribution is 2.20. The van der Waals surface area contributed by atoms with Gasteiger partial charge in [0.15, 0.2) is 0 Å². The molecule has 138 valence electrons. The highest BCUT2D eigenvalue weighted by Gasteiger charge is 2.25. The zero-order valence-electron chi connectivity index (χ0n) is 15.0. The van der Waals surface area contributed by atoms with Gasteiger partial charge in [-0.05, 0) is 18.1 Å². The maximum absolute atomic E-state index is 11.7. The quantitative estimate of drug-likeness (QED) is 0.293. The molecule has 2 aromatic rings. The number of allylic oxidation sites excluding steroid dienone is 2. The smallest absolute Gasteiger partial charge is 0.324 e. The molecule has 0 aliphatic heterocycles. The zero-order chi connectivity index (χ0) is 19.6. The van der Waals surface area contributed by atoms with Crippen molar-refractivity contribution in [1.82, 2.24) is 4.90 Å². The van der Waals surface area contributed by atoms with Crippen molar-refractivity contribution in [3.63, 3.8) is 0 Å². The topological polar surface area (TPSA) is 58.7 Å². The fourth-order valence-electron chi connectivity index (χ4n) is 2.60. The van der Waals surface area contributed by atoms with Gasteiger partial charge in [-0.15, -0.1) is 6.42 Å². The van der Waals surface area contributed by atoms with Crippen molar-refractivity contribution in [3.8, 4) is 12.3 Å². The van der Waals surface area contributed by atoms with Crippen LogP contribution in [0.1, 0.15) is 18.1 Å². The lowest BCUT2D eigenvalue weighted by atomic mass is 10.1. The Kier molecular flexibility index (Phi) is 7.60. The molecule has 0 bridgehead atoms. The Bertz CT molecular complexity index is 830. The van der Waals surface area contributed by atoms with Crippen LogP contribution in [0.4, 0.5) is 0 Å². The minimum atomic E-state index is -0.513. The number of terminal acetylenes is 1. The summed E-state index contributed by atoms with van der Waals surface area (Å²) in [6.07, 6.45) is 5.18. The van der Waals surface area contributed by atoms with E-state index in [-0.39, 0.29) is 17.4 Å². The standard InChI is InChI=1S/C21H20ClN3O2/c1-3-14-23-21(22)20(25(26)27)17(2)24(15-18-10-6-4-7-11-18)16-19-12-8-5-9-13-19/h1,4-13H,14-16H2,2H3/b20-17-,23-21?. The highest BCUT2D eigenvalue weighted by atomic mass is 35.5. The van der Waals surface area contributed by atoms with Gasteiger partial charge in [0, 0.05) is 13.1 Å². The minimum Gasteiger partial charge on any atom is -0.361 e. The molecule has 0 saturated heterocycles. The van der Waals surface area contributed by atoms with E-state index in [0.717, 1.165) is 11.1 Å². The summed E-state index contributed by atoms with van der Waals surface area (Å²) >= 11 is 6.09. The number of nitro groups is 1. The molecular formula is C21H20ClN3O2. The summed E-state index contributed by atoms with van der Waals surface area (Å²) in [5.41, 5.74) is 2.26. The Morgan fingerprint density at radius 2 is 1.59 bits per heavy atom. The predicted octanol–water partition coefficient (Wildman–Crippen LogP) is 4.47. The van der Waals surface area contributed by atoms with Gasteiger partial charge in [0.25, 0.3) is 0 Å². The third kappa shape index (κ3) is 5.98. The van der Waals surface area contributed by atoms with Crippen molar-refractivity contribution in [2.24, 2.45) is 4.99 Å². The van der Waals surface area contributed by atoms with Crippen molar-refractivity contribution in [2.45, 2.75) is 20.0 Å². The van der Waals surface area contributed by atoms with E-state index in [1.165, 1.54) is 0 Å². The summed E-state index contributed by atoms with van der Waals surface area (Å²) < 4.78 is 0. The maximum Gasteiger partial charge on any atom is 0.324 e. The largest absolute Gasteiger partial charge is 0.361 e. The van der Waals surface area contributed by atoms with Crippen LogP contribution in [-0.2, 0) is 13.1 Å². The Morgan fingerprint density at radius 1 is 1.11 bits per heavy atom. The van der Waals surface area contributed by atoms with Crippen LogP contribution in [-0.4, -0.2) is 21.5 Å². The molecule has 0 heterocycles. The number of rotatable bonds is 8. The molecule has 2 aromatic carbocycles. The van der Waals surface area contributed by atoms with Crippen molar-refractivity contribution in [1.29, 1.82) is 0 Å². The third-order valence-electron chi connectivity index (χ3n) is 3.94. The molecule has 6 heteroatoms. The Labute approximate surface area is 164 Å². The molecular weight excluding hydrogens is 362 g/mol. The number of aliphatic imine (C=N–C) groups is 1. The van der Waals surface area contributed by atoms with E-state index >= 15 is 0 Å². The van der Waals surface area contributed by atoms with Crippen LogP contribution in [0, 0.1) is 22.5 Å². The van der Waals surface area contributed by atoms with Gasteiger partial charge in [0.2, 0.25) is 5.17 Å². The first-order valence-electron chi connectivity index (χ1n) is 8.34. The third-order valence-corrected chi connectivity index (χ3v) is 4.24. The second-order valence-electron chi connectivity index (χ2n) is 5.83. The summed E-state index contributed by atoms with van der Waals surface area (Å²) in [4.78, 5) is 17.0. The maximum atomic E-state index is 11.7. The average Bonchev–Trinajstić information content (AvgIpc) is 2.67. The van der Waals surface area contributed by atoms with Gasteiger partial charge in [-0.1, -0.05) is 78.2 Å². The Morgan fingerprint density at radius 3 is 2.00 bits per heavy atom. The van der Waals surface area contributed by atoms with Crippen molar-refractivity contribution >= 4 is 16.8 Å². The van der Waals surface area contributed by atoms with Gasteiger partial charge in [-0.3, -0.25) is 15.1 Å². The highest BCUT2D eigenvalue weighted by molar-refractivity contribution is 6.69. The van der Waals surface area contributed by atoms with Gasteiger partial charge >= 0.3 is 5.70 Å². The van der Waals surface area contributed by atoms with Crippen LogP contribution in [0.15, 0.2) is 77.1 Å². The van der Waals surface area contributed by atoms with Crippen LogP contribution in [0.5, 0.6) is 0 Å². The molecule has 0 unspecified atom stereocenters. The van der Waals surface area contributed by atoms with Gasteiger partial charge in [0.1, 0.15) is 6.54 Å². The molecule has 0 aliphatic carbocycles. The normalized spacial score (nSPS) is 12.1. The van der Waals surface area contributed by atoms with E-state index in [4.69, 9.17) is 18.0 Å². The van der Waals surface area contributed by atoms with Crippen LogP contribution in [0.3, 0.4) is 0 Å². The molecule has 0 aliphatic rings. The Balaban J connectivity index is 2.45. The monoisotopic (exact) mass is 381 g/mol. The minimum absolute atomic E-state index is 0.0131. The van der Waals surface area contributed by atoms with Gasteiger partial charge < -0.3 is 4.90 Å². The van der Waals surface area contributed by atoms with E-state index in [0.29, 0.717) is 18.8 Å². The first kappa shape index (κ1) is 20.2. The van der Waals surface area contributed by atoms with Crippen LogP contribution in [0.25, 0.3) is 0 Å². The molecule has 0 fully saturated rings. The molecule has 0 radical (unpaired) electrons. The van der Waals surface area contributed by atoms with E-state index in [1.54, 1.807) is 6.92 Å². The van der Waals surface area contributed by atoms with Gasteiger partial charge in [0.05, 0.1) is 10.6 Å². The second-order valence-corrected chi connectivity index (χ2v) is 6.19. The SMILES string of the molecule is C#CCN=C(Cl)/C(=C(\C)N(Cc1ccccc1)Cc1ccccc1)[N+](=O)[O-]. The lowest BCUT2D eigenvalue weighted by Crippen LogP contribution is -2.25. The number of benzene rings is 2. The Hall–Kier alpha value is -3.10. The molecule has 0 saturated carbocycles. The lowest BCUT2D eigenvalue weighted by molar-refractivity contribution is -0.416. The van der Waals surface area contributed by atoms with Crippen molar-refractivity contribution in [2.75, 3.05) is 6.54 Å². The fraction of sp³-hybridized carbons (Fsp3) is 0.190. The molecule has 5 nitrogen and oxygen atoms in total. The predicted molar refractivity (Wildman–Crippen MR) is 109 cm³/mol. The molecule has 0 N–H and O–H groups in total. The molecule has 0 aromatic heterocycles. The molecule has 0 atom stereocenters. The van der Waals surface area contributed by atoms with Crippen LogP contribution < -0.4 is 0 Å². The summed E-state index contributed by atoms with van der Waals surface area (Å²) in [5.74, 6) is 2.31. The second kappa shape index (κ2) is 10.1. The van der Waals surface area contributed by atoms with Crippen LogP contribution >= 0.6 is 11.6 Å². The first-order chi connectivity index (χ1) is 13.0.